The van der Waals surface area contributed by atoms with Crippen LogP contribution in [0.5, 0.6) is 0 Å². The van der Waals surface area contributed by atoms with Crippen LogP contribution in [-0.2, 0) is 11.2 Å². The Labute approximate surface area is 112 Å². The molecular weight excluding hydrogens is 242 g/mol. The van der Waals surface area contributed by atoms with Crippen LogP contribution in [0, 0.1) is 6.92 Å². The maximum atomic E-state index is 5.41. The fourth-order valence-electron chi connectivity index (χ4n) is 2.20. The van der Waals surface area contributed by atoms with E-state index in [1.54, 1.807) is 0 Å². The van der Waals surface area contributed by atoms with E-state index in [0.29, 0.717) is 24.7 Å². The van der Waals surface area contributed by atoms with Crippen LogP contribution in [0.3, 0.4) is 0 Å². The first kappa shape index (κ1) is 12.3. The molecule has 3 rings (SSSR count). The maximum Gasteiger partial charge on any atom is 0.228 e. The molecule has 1 saturated heterocycles. The van der Waals surface area contributed by atoms with Crippen molar-refractivity contribution in [1.82, 2.24) is 15.5 Å². The van der Waals surface area contributed by atoms with E-state index in [0.717, 1.165) is 18.7 Å². The van der Waals surface area contributed by atoms with E-state index in [-0.39, 0.29) is 6.04 Å². The van der Waals surface area contributed by atoms with Gasteiger partial charge in [-0.2, -0.15) is 4.98 Å². The third-order valence-electron chi connectivity index (χ3n) is 3.16. The van der Waals surface area contributed by atoms with E-state index in [2.05, 4.69) is 21.5 Å². The van der Waals surface area contributed by atoms with E-state index >= 15 is 0 Å². The number of hydrogen-bond acceptors (Lipinski definition) is 5. The van der Waals surface area contributed by atoms with Crippen molar-refractivity contribution in [3.05, 3.63) is 35.7 Å². The van der Waals surface area contributed by atoms with Crippen LogP contribution in [0.4, 0.5) is 0 Å². The van der Waals surface area contributed by atoms with Crippen molar-refractivity contribution in [2.45, 2.75) is 19.4 Å². The van der Waals surface area contributed by atoms with Gasteiger partial charge in [0.15, 0.2) is 0 Å². The number of nitrogens with one attached hydrogen (secondary N) is 1. The first-order valence-corrected chi connectivity index (χ1v) is 6.52. The molecule has 19 heavy (non-hydrogen) atoms. The lowest BCUT2D eigenvalue weighted by Crippen LogP contribution is -2.42. The van der Waals surface area contributed by atoms with Gasteiger partial charge in [0.1, 0.15) is 0 Å². The zero-order valence-corrected chi connectivity index (χ0v) is 10.9. The van der Waals surface area contributed by atoms with Gasteiger partial charge in [-0.15, -0.1) is 0 Å². The molecule has 1 unspecified atom stereocenters. The lowest BCUT2D eigenvalue weighted by atomic mass is 10.1. The Morgan fingerprint density at radius 2 is 2.37 bits per heavy atom. The normalized spacial score (nSPS) is 19.5. The van der Waals surface area contributed by atoms with Gasteiger partial charge in [-0.1, -0.05) is 28.9 Å². The molecule has 2 heterocycles. The molecule has 1 aliphatic heterocycles. The van der Waals surface area contributed by atoms with E-state index in [9.17, 15) is 0 Å². The van der Waals surface area contributed by atoms with Crippen LogP contribution < -0.4 is 5.32 Å². The van der Waals surface area contributed by atoms with E-state index in [4.69, 9.17) is 9.26 Å². The van der Waals surface area contributed by atoms with Crippen molar-refractivity contribution < 1.29 is 9.26 Å². The molecule has 0 bridgehead atoms. The van der Waals surface area contributed by atoms with Crippen molar-refractivity contribution in [3.8, 4) is 11.4 Å². The molecule has 0 radical (unpaired) electrons. The van der Waals surface area contributed by atoms with Gasteiger partial charge in [0.05, 0.1) is 13.2 Å². The summed E-state index contributed by atoms with van der Waals surface area (Å²) in [6, 6.07) is 8.35. The Bertz CT molecular complexity index is 547. The summed E-state index contributed by atoms with van der Waals surface area (Å²) in [7, 11) is 0. The van der Waals surface area contributed by atoms with Gasteiger partial charge in [-0.05, 0) is 13.0 Å². The molecule has 1 N–H and O–H groups in total. The van der Waals surface area contributed by atoms with Crippen LogP contribution >= 0.6 is 0 Å². The highest BCUT2D eigenvalue weighted by atomic mass is 16.5. The summed E-state index contributed by atoms with van der Waals surface area (Å²) in [5.74, 6) is 1.30. The first-order chi connectivity index (χ1) is 9.31. The monoisotopic (exact) mass is 259 g/mol. The molecule has 1 atom stereocenters. The summed E-state index contributed by atoms with van der Waals surface area (Å²) < 4.78 is 10.7. The van der Waals surface area contributed by atoms with E-state index in [1.807, 2.05) is 25.1 Å². The van der Waals surface area contributed by atoms with Gasteiger partial charge in [0, 0.05) is 24.6 Å². The van der Waals surface area contributed by atoms with Crippen LogP contribution in [0.15, 0.2) is 28.8 Å². The average Bonchev–Trinajstić information content (AvgIpc) is 2.88. The highest BCUT2D eigenvalue weighted by Crippen LogP contribution is 2.17. The topological polar surface area (TPSA) is 60.2 Å². The molecule has 1 aromatic heterocycles. The lowest BCUT2D eigenvalue weighted by molar-refractivity contribution is 0.0744. The number of rotatable bonds is 3. The second-order valence-corrected chi connectivity index (χ2v) is 4.81. The predicted octanol–water partition coefficient (Wildman–Crippen LogP) is 1.58. The summed E-state index contributed by atoms with van der Waals surface area (Å²) in [6.45, 7) is 4.40. The molecular formula is C14H17N3O2. The number of aryl methyl sites for hydroxylation is 1. The molecule has 1 aliphatic rings. The number of nitrogens with zero attached hydrogens (tertiary/aromatic N) is 2. The van der Waals surface area contributed by atoms with Gasteiger partial charge in [0.25, 0.3) is 0 Å². The Balaban J connectivity index is 1.72. The van der Waals surface area contributed by atoms with Crippen LogP contribution in [-0.4, -0.2) is 35.9 Å². The summed E-state index contributed by atoms with van der Waals surface area (Å²) in [4.78, 5) is 4.44. The molecule has 5 nitrogen and oxygen atoms in total. The minimum absolute atomic E-state index is 0.263. The number of aromatic nitrogens is 2. The standard InChI is InChI=1S/C14H17N3O2/c1-10-3-2-4-11(7-10)14-16-13(19-17-14)8-12-9-18-6-5-15-12/h2-4,7,12,15H,5-6,8-9H2,1H3. The zero-order chi connectivity index (χ0) is 13.1. The van der Waals surface area contributed by atoms with Crippen LogP contribution in [0.1, 0.15) is 11.5 Å². The van der Waals surface area contributed by atoms with Crippen LogP contribution in [0.2, 0.25) is 0 Å². The lowest BCUT2D eigenvalue weighted by Gasteiger charge is -2.22. The second-order valence-electron chi connectivity index (χ2n) is 4.81. The summed E-state index contributed by atoms with van der Waals surface area (Å²) in [6.07, 6.45) is 0.707. The summed E-state index contributed by atoms with van der Waals surface area (Å²) in [5, 5.41) is 7.41. The van der Waals surface area contributed by atoms with E-state index in [1.165, 1.54) is 5.56 Å². The fourth-order valence-corrected chi connectivity index (χ4v) is 2.20. The van der Waals surface area contributed by atoms with Crippen molar-refractivity contribution in [1.29, 1.82) is 0 Å². The third kappa shape index (κ3) is 3.00. The van der Waals surface area contributed by atoms with Gasteiger partial charge in [0.2, 0.25) is 11.7 Å². The average molecular weight is 259 g/mol. The molecule has 5 heteroatoms. The molecule has 2 aromatic rings. The van der Waals surface area contributed by atoms with Gasteiger partial charge in [-0.25, -0.2) is 0 Å². The molecule has 0 spiro atoms. The molecule has 100 valence electrons. The second kappa shape index (κ2) is 5.50. The molecule has 1 fully saturated rings. The smallest absolute Gasteiger partial charge is 0.228 e. The van der Waals surface area contributed by atoms with E-state index < -0.39 is 0 Å². The third-order valence-corrected chi connectivity index (χ3v) is 3.16. The molecule has 0 aliphatic carbocycles. The number of ether oxygens (including phenoxy) is 1. The highest BCUT2D eigenvalue weighted by Gasteiger charge is 2.17. The molecule has 0 saturated carbocycles. The Morgan fingerprint density at radius 1 is 1.42 bits per heavy atom. The minimum atomic E-state index is 0.263. The molecule has 0 amide bonds. The quantitative estimate of drug-likeness (QED) is 0.906. The maximum absolute atomic E-state index is 5.41. The fraction of sp³-hybridized carbons (Fsp3) is 0.429. The largest absolute Gasteiger partial charge is 0.378 e. The van der Waals surface area contributed by atoms with Crippen molar-refractivity contribution in [2.24, 2.45) is 0 Å². The van der Waals surface area contributed by atoms with Gasteiger partial charge in [-0.3, -0.25) is 0 Å². The van der Waals surface area contributed by atoms with Crippen LogP contribution in [0.25, 0.3) is 11.4 Å². The molecule has 1 aromatic carbocycles. The Hall–Kier alpha value is -1.72. The van der Waals surface area contributed by atoms with Crippen molar-refractivity contribution in [3.63, 3.8) is 0 Å². The van der Waals surface area contributed by atoms with Gasteiger partial charge < -0.3 is 14.6 Å². The predicted molar refractivity (Wildman–Crippen MR) is 70.8 cm³/mol. The van der Waals surface area contributed by atoms with Crippen molar-refractivity contribution >= 4 is 0 Å². The number of benzene rings is 1. The number of morpholine rings is 1. The minimum Gasteiger partial charge on any atom is -0.378 e. The highest BCUT2D eigenvalue weighted by molar-refractivity contribution is 5.55. The summed E-state index contributed by atoms with van der Waals surface area (Å²) >= 11 is 0. The zero-order valence-electron chi connectivity index (χ0n) is 10.9. The van der Waals surface area contributed by atoms with Gasteiger partial charge >= 0.3 is 0 Å². The van der Waals surface area contributed by atoms with Crippen molar-refractivity contribution in [2.75, 3.05) is 19.8 Å². The Kier molecular flexibility index (Phi) is 3.57. The SMILES string of the molecule is Cc1cccc(-c2noc(CC3COCCN3)n2)c1. The first-order valence-electron chi connectivity index (χ1n) is 6.52. The summed E-state index contributed by atoms with van der Waals surface area (Å²) in [5.41, 5.74) is 2.18. The Morgan fingerprint density at radius 3 is 3.16 bits per heavy atom. The number of hydrogen-bond donors (Lipinski definition) is 1.